The van der Waals surface area contributed by atoms with Crippen molar-refractivity contribution in [1.82, 2.24) is 9.80 Å². The van der Waals surface area contributed by atoms with E-state index in [1.54, 1.807) is 9.80 Å². The lowest BCUT2D eigenvalue weighted by Gasteiger charge is -2.37. The second kappa shape index (κ2) is 5.89. The number of hydrogen-bond donors (Lipinski definition) is 1. The van der Waals surface area contributed by atoms with E-state index in [-0.39, 0.29) is 18.5 Å². The third-order valence-electron chi connectivity index (χ3n) is 3.60. The molecule has 7 nitrogen and oxygen atoms in total. The monoisotopic (exact) mass is 267 g/mol. The fraction of sp³-hybridized carbons (Fsp3) is 0.750. The molecule has 0 radical (unpaired) electrons. The molecule has 0 saturated carbocycles. The molecular formula is C12H17N3O4. The van der Waals surface area contributed by atoms with Gasteiger partial charge in [-0.05, 0) is 12.8 Å². The summed E-state index contributed by atoms with van der Waals surface area (Å²) in [6.45, 7) is 2.06. The number of urea groups is 1. The van der Waals surface area contributed by atoms with Crippen molar-refractivity contribution in [2.75, 3.05) is 32.8 Å². The third kappa shape index (κ3) is 3.15. The van der Waals surface area contributed by atoms with Crippen LogP contribution in [-0.4, -0.2) is 65.8 Å². The number of morpholine rings is 1. The van der Waals surface area contributed by atoms with Crippen LogP contribution >= 0.6 is 0 Å². The van der Waals surface area contributed by atoms with Gasteiger partial charge in [-0.15, -0.1) is 0 Å². The van der Waals surface area contributed by atoms with E-state index >= 15 is 0 Å². The van der Waals surface area contributed by atoms with Crippen LogP contribution in [0.5, 0.6) is 0 Å². The molecule has 0 spiro atoms. The molecule has 2 saturated heterocycles. The minimum absolute atomic E-state index is 0.118. The molecule has 2 aliphatic rings. The number of hydrogen-bond acceptors (Lipinski definition) is 4. The molecule has 0 aromatic heterocycles. The molecule has 0 aliphatic carbocycles. The summed E-state index contributed by atoms with van der Waals surface area (Å²) in [6.07, 6.45) is 0.425. The zero-order chi connectivity index (χ0) is 13.8. The topological polar surface area (TPSA) is 93.9 Å². The van der Waals surface area contributed by atoms with Crippen molar-refractivity contribution in [2.24, 2.45) is 5.92 Å². The van der Waals surface area contributed by atoms with Gasteiger partial charge >= 0.3 is 12.0 Å². The van der Waals surface area contributed by atoms with Crippen LogP contribution < -0.4 is 0 Å². The lowest BCUT2D eigenvalue weighted by molar-refractivity contribution is -0.143. The Morgan fingerprint density at radius 3 is 2.47 bits per heavy atom. The van der Waals surface area contributed by atoms with E-state index in [0.717, 1.165) is 0 Å². The van der Waals surface area contributed by atoms with E-state index in [1.807, 2.05) is 6.07 Å². The molecule has 104 valence electrons. The van der Waals surface area contributed by atoms with Gasteiger partial charge < -0.3 is 19.6 Å². The molecule has 0 bridgehead atoms. The van der Waals surface area contributed by atoms with E-state index in [1.165, 1.54) is 0 Å². The van der Waals surface area contributed by atoms with Crippen LogP contribution in [0.2, 0.25) is 0 Å². The number of amides is 2. The molecule has 2 aliphatic heterocycles. The average molecular weight is 267 g/mol. The van der Waals surface area contributed by atoms with E-state index in [0.29, 0.717) is 39.1 Å². The Hall–Kier alpha value is -1.81. The number of ether oxygens (including phenoxy) is 1. The van der Waals surface area contributed by atoms with Crippen molar-refractivity contribution in [1.29, 1.82) is 5.26 Å². The van der Waals surface area contributed by atoms with Crippen LogP contribution in [0, 0.1) is 17.2 Å². The van der Waals surface area contributed by atoms with Gasteiger partial charge in [-0.2, -0.15) is 5.26 Å². The number of piperidine rings is 1. The van der Waals surface area contributed by atoms with E-state index in [2.05, 4.69) is 0 Å². The zero-order valence-corrected chi connectivity index (χ0v) is 10.6. The maximum absolute atomic E-state index is 12.2. The zero-order valence-electron chi connectivity index (χ0n) is 10.6. The van der Waals surface area contributed by atoms with Gasteiger partial charge in [0.15, 0.2) is 6.10 Å². The Balaban J connectivity index is 1.87. The molecule has 1 unspecified atom stereocenters. The molecule has 0 aromatic carbocycles. The van der Waals surface area contributed by atoms with E-state index in [4.69, 9.17) is 15.1 Å². The molecule has 1 N–H and O–H groups in total. The fourth-order valence-corrected chi connectivity index (χ4v) is 2.42. The lowest BCUT2D eigenvalue weighted by Crippen LogP contribution is -2.52. The summed E-state index contributed by atoms with van der Waals surface area (Å²) < 4.78 is 5.19. The number of nitrogens with zero attached hydrogens (tertiary/aromatic N) is 3. The van der Waals surface area contributed by atoms with Crippen molar-refractivity contribution >= 4 is 12.0 Å². The Morgan fingerprint density at radius 2 is 1.89 bits per heavy atom. The van der Waals surface area contributed by atoms with Crippen LogP contribution in [0.3, 0.4) is 0 Å². The van der Waals surface area contributed by atoms with Crippen LogP contribution in [-0.2, 0) is 9.53 Å². The predicted octanol–water partition coefficient (Wildman–Crippen LogP) is 0.127. The summed E-state index contributed by atoms with van der Waals surface area (Å²) in [7, 11) is 0. The maximum Gasteiger partial charge on any atom is 0.320 e. The molecule has 19 heavy (non-hydrogen) atoms. The normalized spacial score (nSPS) is 24.9. The van der Waals surface area contributed by atoms with E-state index in [9.17, 15) is 9.59 Å². The van der Waals surface area contributed by atoms with Crippen molar-refractivity contribution in [3.63, 3.8) is 0 Å². The standard InChI is InChI=1S/C12H17N3O4/c13-7-10-8-15(5-6-19-10)12(18)14-3-1-9(2-4-14)11(16)17/h9-10H,1-6,8H2,(H,16,17). The number of rotatable bonds is 1. The first-order valence-electron chi connectivity index (χ1n) is 6.39. The van der Waals surface area contributed by atoms with Gasteiger partial charge in [0.1, 0.15) is 0 Å². The number of carbonyl (C=O) groups is 2. The molecule has 0 aromatic rings. The summed E-state index contributed by atoms with van der Waals surface area (Å²) in [6, 6.07) is 1.88. The second-order valence-corrected chi connectivity index (χ2v) is 4.82. The molecular weight excluding hydrogens is 250 g/mol. The highest BCUT2D eigenvalue weighted by atomic mass is 16.5. The summed E-state index contributed by atoms with van der Waals surface area (Å²) in [4.78, 5) is 26.4. The second-order valence-electron chi connectivity index (χ2n) is 4.82. The van der Waals surface area contributed by atoms with Crippen LogP contribution in [0.1, 0.15) is 12.8 Å². The molecule has 2 fully saturated rings. The third-order valence-corrected chi connectivity index (χ3v) is 3.60. The molecule has 2 heterocycles. The van der Waals surface area contributed by atoms with Crippen LogP contribution in [0.25, 0.3) is 0 Å². The van der Waals surface area contributed by atoms with Crippen molar-refractivity contribution in [2.45, 2.75) is 18.9 Å². The summed E-state index contributed by atoms with van der Waals surface area (Å²) in [5.74, 6) is -1.14. The average Bonchev–Trinajstić information content (AvgIpc) is 2.46. The number of carbonyl (C=O) groups excluding carboxylic acids is 1. The van der Waals surface area contributed by atoms with Gasteiger partial charge in [0.2, 0.25) is 0 Å². The molecule has 1 atom stereocenters. The van der Waals surface area contributed by atoms with E-state index < -0.39 is 12.1 Å². The minimum Gasteiger partial charge on any atom is -0.481 e. The minimum atomic E-state index is -0.789. The van der Waals surface area contributed by atoms with Crippen molar-refractivity contribution < 1.29 is 19.4 Å². The Labute approximate surface area is 111 Å². The Morgan fingerprint density at radius 1 is 1.21 bits per heavy atom. The first-order chi connectivity index (χ1) is 9.11. The number of likely N-dealkylation sites (tertiary alicyclic amines) is 1. The largest absolute Gasteiger partial charge is 0.481 e. The van der Waals surface area contributed by atoms with Gasteiger partial charge in [0, 0.05) is 19.6 Å². The molecule has 7 heteroatoms. The highest BCUT2D eigenvalue weighted by Crippen LogP contribution is 2.19. The van der Waals surface area contributed by atoms with Gasteiger partial charge in [-0.1, -0.05) is 0 Å². The number of carboxylic acid groups (broad SMARTS) is 1. The maximum atomic E-state index is 12.2. The lowest BCUT2D eigenvalue weighted by atomic mass is 9.97. The molecule has 2 rings (SSSR count). The summed E-state index contributed by atoms with van der Waals surface area (Å²) in [5, 5.41) is 17.7. The SMILES string of the molecule is N#CC1CN(C(=O)N2CCC(C(=O)O)CC2)CCO1. The van der Waals surface area contributed by atoms with Gasteiger partial charge in [-0.25, -0.2) is 4.79 Å². The summed E-state index contributed by atoms with van der Waals surface area (Å²) in [5.41, 5.74) is 0. The van der Waals surface area contributed by atoms with Crippen molar-refractivity contribution in [3.05, 3.63) is 0 Å². The van der Waals surface area contributed by atoms with Crippen LogP contribution in [0.4, 0.5) is 4.79 Å². The Kier molecular flexibility index (Phi) is 4.22. The van der Waals surface area contributed by atoms with Gasteiger partial charge in [-0.3, -0.25) is 4.79 Å². The smallest absolute Gasteiger partial charge is 0.320 e. The highest BCUT2D eigenvalue weighted by molar-refractivity contribution is 5.75. The van der Waals surface area contributed by atoms with Gasteiger partial charge in [0.05, 0.1) is 25.1 Å². The number of carboxylic acids is 1. The van der Waals surface area contributed by atoms with Gasteiger partial charge in [0.25, 0.3) is 0 Å². The summed E-state index contributed by atoms with van der Waals surface area (Å²) >= 11 is 0. The van der Waals surface area contributed by atoms with Crippen LogP contribution in [0.15, 0.2) is 0 Å². The first-order valence-corrected chi connectivity index (χ1v) is 6.39. The molecule has 2 amide bonds. The fourth-order valence-electron chi connectivity index (χ4n) is 2.42. The number of aliphatic carboxylic acids is 1. The predicted molar refractivity (Wildman–Crippen MR) is 64.3 cm³/mol. The first kappa shape index (κ1) is 13.6. The quantitative estimate of drug-likeness (QED) is 0.728. The Bertz CT molecular complexity index is 398. The van der Waals surface area contributed by atoms with Crippen molar-refractivity contribution in [3.8, 4) is 6.07 Å². The highest BCUT2D eigenvalue weighted by Gasteiger charge is 2.31. The number of nitriles is 1.